The fraction of sp³-hybridized carbons (Fsp3) is 0. The number of nitrogens with zero attached hydrogens (tertiary/aromatic N) is 3. The van der Waals surface area contributed by atoms with Crippen LogP contribution in [0.25, 0.3) is 88.0 Å². The fourth-order valence-corrected chi connectivity index (χ4v) is 7.28. The van der Waals surface area contributed by atoms with Crippen molar-refractivity contribution in [2.75, 3.05) is 0 Å². The van der Waals surface area contributed by atoms with Crippen LogP contribution in [0.5, 0.6) is 0 Å². The molecule has 4 nitrogen and oxygen atoms in total. The molecule has 0 aliphatic heterocycles. The number of H-pyrrole nitrogens is 1. The van der Waals surface area contributed by atoms with Crippen LogP contribution in [0.1, 0.15) is 0 Å². The Bertz CT molecular complexity index is 2760. The Kier molecular flexibility index (Phi) is 4.96. The maximum Gasteiger partial charge on any atom is 0.0964 e. The van der Waals surface area contributed by atoms with E-state index in [-0.39, 0.29) is 0 Å². The van der Waals surface area contributed by atoms with Gasteiger partial charge in [-0.3, -0.25) is 4.98 Å². The van der Waals surface area contributed by atoms with Crippen LogP contribution in [0.3, 0.4) is 0 Å². The van der Waals surface area contributed by atoms with Crippen molar-refractivity contribution in [3.63, 3.8) is 0 Å². The van der Waals surface area contributed by atoms with Crippen LogP contribution in [0.15, 0.2) is 152 Å². The van der Waals surface area contributed by atoms with Gasteiger partial charge in [-0.1, -0.05) is 66.7 Å². The van der Waals surface area contributed by atoms with Crippen molar-refractivity contribution in [3.05, 3.63) is 152 Å². The Morgan fingerprint density at radius 1 is 0.400 bits per heavy atom. The molecule has 0 fully saturated rings. The van der Waals surface area contributed by atoms with Crippen molar-refractivity contribution in [1.29, 1.82) is 0 Å². The first kappa shape index (κ1) is 24.3. The molecular formula is C41H26N4. The summed E-state index contributed by atoms with van der Waals surface area (Å²) < 4.78 is 4.70. The van der Waals surface area contributed by atoms with Crippen molar-refractivity contribution >= 4 is 65.5 Å². The molecular weight excluding hydrogens is 548 g/mol. The number of benzene rings is 6. The lowest BCUT2D eigenvalue weighted by Gasteiger charge is -2.10. The zero-order valence-electron chi connectivity index (χ0n) is 24.3. The van der Waals surface area contributed by atoms with Gasteiger partial charge in [-0.25, -0.2) is 0 Å². The summed E-state index contributed by atoms with van der Waals surface area (Å²) >= 11 is 0. The van der Waals surface area contributed by atoms with Crippen LogP contribution in [-0.2, 0) is 0 Å². The third-order valence-electron chi connectivity index (χ3n) is 9.29. The van der Waals surface area contributed by atoms with Crippen molar-refractivity contribution < 1.29 is 0 Å². The molecule has 0 bridgehead atoms. The van der Waals surface area contributed by atoms with Gasteiger partial charge in [0.15, 0.2) is 0 Å². The third kappa shape index (κ3) is 3.51. The number of hydrogen-bond acceptors (Lipinski definition) is 1. The number of para-hydroxylation sites is 3. The molecule has 0 aliphatic rings. The molecule has 6 aromatic carbocycles. The SMILES string of the molecule is c1ccc(-n2c3ccc(-n4c5ccccc5c5cc(-c6ccc7[nH]c8ccccc8c7c6)ccc54)cc3c3ncccc32)cc1. The lowest BCUT2D eigenvalue weighted by atomic mass is 10.0. The highest BCUT2D eigenvalue weighted by Crippen LogP contribution is 2.38. The minimum atomic E-state index is 1.01. The molecule has 0 unspecified atom stereocenters. The minimum Gasteiger partial charge on any atom is -0.355 e. The molecule has 10 rings (SSSR count). The summed E-state index contributed by atoms with van der Waals surface area (Å²) in [6.07, 6.45) is 1.89. The molecule has 0 saturated heterocycles. The van der Waals surface area contributed by atoms with Gasteiger partial charge in [-0.2, -0.15) is 0 Å². The van der Waals surface area contributed by atoms with Crippen molar-refractivity contribution in [1.82, 2.24) is 19.1 Å². The second kappa shape index (κ2) is 9.18. The summed E-state index contributed by atoms with van der Waals surface area (Å²) in [6, 6.07) is 52.4. The number of rotatable bonds is 3. The molecule has 0 radical (unpaired) electrons. The second-order valence-electron chi connectivity index (χ2n) is 11.8. The van der Waals surface area contributed by atoms with Gasteiger partial charge in [0, 0.05) is 55.5 Å². The molecule has 0 saturated carbocycles. The van der Waals surface area contributed by atoms with E-state index in [1.807, 2.05) is 12.3 Å². The summed E-state index contributed by atoms with van der Waals surface area (Å²) in [5.74, 6) is 0. The van der Waals surface area contributed by atoms with Crippen LogP contribution in [0, 0.1) is 0 Å². The van der Waals surface area contributed by atoms with Crippen molar-refractivity contribution in [2.24, 2.45) is 0 Å². The number of hydrogen-bond donors (Lipinski definition) is 1. The van der Waals surface area contributed by atoms with E-state index in [4.69, 9.17) is 4.98 Å². The minimum absolute atomic E-state index is 1.01. The van der Waals surface area contributed by atoms with Gasteiger partial charge >= 0.3 is 0 Å². The van der Waals surface area contributed by atoms with Crippen LogP contribution in [0.4, 0.5) is 0 Å². The van der Waals surface area contributed by atoms with E-state index in [9.17, 15) is 0 Å². The van der Waals surface area contributed by atoms with Gasteiger partial charge in [-0.05, 0) is 90.0 Å². The van der Waals surface area contributed by atoms with E-state index < -0.39 is 0 Å². The zero-order valence-corrected chi connectivity index (χ0v) is 24.3. The van der Waals surface area contributed by atoms with Gasteiger partial charge in [0.05, 0.1) is 27.6 Å². The average Bonchev–Trinajstić information content (AvgIpc) is 3.75. The van der Waals surface area contributed by atoms with Crippen molar-refractivity contribution in [3.8, 4) is 22.5 Å². The highest BCUT2D eigenvalue weighted by Gasteiger charge is 2.17. The molecule has 0 amide bonds. The highest BCUT2D eigenvalue weighted by molar-refractivity contribution is 6.13. The van der Waals surface area contributed by atoms with Gasteiger partial charge < -0.3 is 14.1 Å². The first-order valence-electron chi connectivity index (χ1n) is 15.3. The smallest absolute Gasteiger partial charge is 0.0964 e. The maximum atomic E-state index is 4.85. The second-order valence-corrected chi connectivity index (χ2v) is 11.8. The van der Waals surface area contributed by atoms with E-state index in [1.165, 1.54) is 49.2 Å². The first-order chi connectivity index (χ1) is 22.3. The van der Waals surface area contributed by atoms with E-state index in [1.54, 1.807) is 0 Å². The summed E-state index contributed by atoms with van der Waals surface area (Å²) in [4.78, 5) is 8.41. The van der Waals surface area contributed by atoms with Crippen LogP contribution in [0.2, 0.25) is 0 Å². The van der Waals surface area contributed by atoms with E-state index in [0.29, 0.717) is 0 Å². The molecule has 4 heterocycles. The monoisotopic (exact) mass is 574 g/mol. The maximum absolute atomic E-state index is 4.85. The van der Waals surface area contributed by atoms with Crippen molar-refractivity contribution in [2.45, 2.75) is 0 Å². The van der Waals surface area contributed by atoms with E-state index in [0.717, 1.165) is 38.8 Å². The Labute approximate surface area is 258 Å². The fourth-order valence-electron chi connectivity index (χ4n) is 7.28. The summed E-state index contributed by atoms with van der Waals surface area (Å²) in [7, 11) is 0. The quantitative estimate of drug-likeness (QED) is 0.224. The van der Waals surface area contributed by atoms with Gasteiger partial charge in [0.2, 0.25) is 0 Å². The molecule has 0 atom stereocenters. The zero-order chi connectivity index (χ0) is 29.5. The highest BCUT2D eigenvalue weighted by atomic mass is 15.0. The normalized spacial score (nSPS) is 12.0. The van der Waals surface area contributed by atoms with Gasteiger partial charge in [0.25, 0.3) is 0 Å². The standard InChI is InChI=1S/C41H26N4/c1-2-9-28(10-3-1)44-39-21-18-29(25-34(39)41-40(44)15-8-22-42-41)45-37-14-7-5-12-31(37)33-24-27(17-20-38(33)45)26-16-19-36-32(23-26)30-11-4-6-13-35(30)43-36/h1-25,43H. The Morgan fingerprint density at radius 3 is 1.96 bits per heavy atom. The van der Waals surface area contributed by atoms with Crippen LogP contribution < -0.4 is 0 Å². The van der Waals surface area contributed by atoms with E-state index in [2.05, 4.69) is 154 Å². The predicted octanol–water partition coefficient (Wildman–Crippen LogP) is 10.6. The van der Waals surface area contributed by atoms with Crippen LogP contribution >= 0.6 is 0 Å². The Morgan fingerprint density at radius 2 is 1.04 bits per heavy atom. The number of aromatic amines is 1. The largest absolute Gasteiger partial charge is 0.355 e. The topological polar surface area (TPSA) is 38.5 Å². The summed E-state index contributed by atoms with van der Waals surface area (Å²) in [6.45, 7) is 0. The molecule has 0 aliphatic carbocycles. The predicted molar refractivity (Wildman–Crippen MR) is 188 cm³/mol. The third-order valence-corrected chi connectivity index (χ3v) is 9.29. The van der Waals surface area contributed by atoms with Crippen LogP contribution in [-0.4, -0.2) is 19.1 Å². The summed E-state index contributed by atoms with van der Waals surface area (Å²) in [5.41, 5.74) is 12.7. The molecule has 4 heteroatoms. The summed E-state index contributed by atoms with van der Waals surface area (Å²) in [5, 5.41) is 6.13. The molecule has 10 aromatic rings. The van der Waals surface area contributed by atoms with Gasteiger partial charge in [-0.15, -0.1) is 0 Å². The molecule has 4 aromatic heterocycles. The Hall–Kier alpha value is -6.13. The molecule has 45 heavy (non-hydrogen) atoms. The molecule has 0 spiro atoms. The average molecular weight is 575 g/mol. The Balaban J connectivity index is 1.19. The van der Waals surface area contributed by atoms with E-state index >= 15 is 0 Å². The molecule has 1 N–H and O–H groups in total. The number of nitrogens with one attached hydrogen (secondary N) is 1. The lowest BCUT2D eigenvalue weighted by molar-refractivity contribution is 1.16. The number of aromatic nitrogens is 4. The van der Waals surface area contributed by atoms with Gasteiger partial charge in [0.1, 0.15) is 0 Å². The number of pyridine rings is 1. The molecule has 210 valence electrons. The lowest BCUT2D eigenvalue weighted by Crippen LogP contribution is -1.95. The first-order valence-corrected chi connectivity index (χ1v) is 15.3. The number of fused-ring (bicyclic) bond motifs is 9.